The lowest BCUT2D eigenvalue weighted by molar-refractivity contribution is 0.256. The van der Waals surface area contributed by atoms with Gasteiger partial charge >= 0.3 is 0 Å². The number of hydrogen-bond acceptors (Lipinski definition) is 3. The first-order valence-corrected chi connectivity index (χ1v) is 8.50. The SMILES string of the molecule is CN(CCNCC1CCCCC1)C1CCSC1. The standard InChI is InChI=1S/C14H28N2S/c1-16(14-7-10-17-12-14)9-8-15-11-13-5-3-2-4-6-13/h13-15H,2-12H2,1H3. The molecule has 1 saturated heterocycles. The highest BCUT2D eigenvalue weighted by molar-refractivity contribution is 7.99. The van der Waals surface area contributed by atoms with Gasteiger partial charge in [-0.2, -0.15) is 11.8 Å². The summed E-state index contributed by atoms with van der Waals surface area (Å²) in [7, 11) is 2.29. The van der Waals surface area contributed by atoms with E-state index in [2.05, 4.69) is 29.0 Å². The fourth-order valence-corrected chi connectivity index (χ4v) is 4.30. The van der Waals surface area contributed by atoms with Gasteiger partial charge in [0.1, 0.15) is 0 Å². The van der Waals surface area contributed by atoms with E-state index in [9.17, 15) is 0 Å². The van der Waals surface area contributed by atoms with Crippen molar-refractivity contribution in [2.45, 2.75) is 44.6 Å². The molecule has 1 aliphatic carbocycles. The van der Waals surface area contributed by atoms with Gasteiger partial charge in [-0.15, -0.1) is 0 Å². The largest absolute Gasteiger partial charge is 0.315 e. The van der Waals surface area contributed by atoms with Gasteiger partial charge in [0, 0.05) is 24.9 Å². The van der Waals surface area contributed by atoms with E-state index in [0.29, 0.717) is 0 Å². The van der Waals surface area contributed by atoms with E-state index in [1.54, 1.807) is 0 Å². The molecule has 1 saturated carbocycles. The fraction of sp³-hybridized carbons (Fsp3) is 1.00. The monoisotopic (exact) mass is 256 g/mol. The second-order valence-electron chi connectivity index (χ2n) is 5.71. The zero-order chi connectivity index (χ0) is 11.9. The number of rotatable bonds is 6. The Morgan fingerprint density at radius 3 is 2.71 bits per heavy atom. The van der Waals surface area contributed by atoms with Crippen LogP contribution in [0.1, 0.15) is 38.5 Å². The third-order valence-corrected chi connectivity index (χ3v) is 5.47. The molecule has 0 bridgehead atoms. The van der Waals surface area contributed by atoms with E-state index < -0.39 is 0 Å². The predicted octanol–water partition coefficient (Wildman–Crippen LogP) is 2.59. The molecule has 0 aromatic rings. The average molecular weight is 256 g/mol. The molecule has 1 N–H and O–H groups in total. The normalized spacial score (nSPS) is 26.8. The van der Waals surface area contributed by atoms with E-state index in [1.165, 1.54) is 69.7 Å². The van der Waals surface area contributed by atoms with Gasteiger partial charge in [-0.1, -0.05) is 19.3 Å². The number of thioether (sulfide) groups is 1. The predicted molar refractivity (Wildman–Crippen MR) is 77.8 cm³/mol. The van der Waals surface area contributed by atoms with Crippen molar-refractivity contribution in [3.05, 3.63) is 0 Å². The third-order valence-electron chi connectivity index (χ3n) is 4.33. The van der Waals surface area contributed by atoms with Crippen LogP contribution in [0.5, 0.6) is 0 Å². The zero-order valence-corrected chi connectivity index (χ0v) is 12.1. The molecule has 0 aromatic carbocycles. The quantitative estimate of drug-likeness (QED) is 0.736. The molecule has 0 amide bonds. The highest BCUT2D eigenvalue weighted by Gasteiger charge is 2.19. The summed E-state index contributed by atoms with van der Waals surface area (Å²) in [6.45, 7) is 3.65. The Morgan fingerprint density at radius 2 is 2.00 bits per heavy atom. The Kier molecular flexibility index (Phi) is 6.16. The molecule has 3 heteroatoms. The fourth-order valence-electron chi connectivity index (χ4n) is 3.01. The second kappa shape index (κ2) is 7.65. The summed E-state index contributed by atoms with van der Waals surface area (Å²) in [5.41, 5.74) is 0. The summed E-state index contributed by atoms with van der Waals surface area (Å²) in [6.07, 6.45) is 8.71. The van der Waals surface area contributed by atoms with Gasteiger partial charge in [0.15, 0.2) is 0 Å². The first-order chi connectivity index (χ1) is 8.36. The lowest BCUT2D eigenvalue weighted by Gasteiger charge is -2.25. The first-order valence-electron chi connectivity index (χ1n) is 7.35. The molecule has 2 nitrogen and oxygen atoms in total. The number of nitrogens with one attached hydrogen (secondary N) is 1. The Bertz CT molecular complexity index is 198. The van der Waals surface area contributed by atoms with Crippen LogP contribution in [0.2, 0.25) is 0 Å². The second-order valence-corrected chi connectivity index (χ2v) is 6.86. The van der Waals surface area contributed by atoms with Crippen LogP contribution in [-0.2, 0) is 0 Å². The average Bonchev–Trinajstić information content (AvgIpc) is 2.89. The summed E-state index contributed by atoms with van der Waals surface area (Å²) < 4.78 is 0. The minimum atomic E-state index is 0.844. The molecule has 0 spiro atoms. The van der Waals surface area contributed by atoms with Gasteiger partial charge in [0.05, 0.1) is 0 Å². The molecule has 1 aliphatic heterocycles. The van der Waals surface area contributed by atoms with E-state index in [4.69, 9.17) is 0 Å². The number of nitrogens with zero attached hydrogens (tertiary/aromatic N) is 1. The maximum absolute atomic E-state index is 3.66. The van der Waals surface area contributed by atoms with Gasteiger partial charge in [0.25, 0.3) is 0 Å². The van der Waals surface area contributed by atoms with Crippen LogP contribution in [0.15, 0.2) is 0 Å². The Hall–Kier alpha value is 0.270. The van der Waals surface area contributed by atoms with Crippen LogP contribution in [0.3, 0.4) is 0 Å². The van der Waals surface area contributed by atoms with E-state index in [1.807, 2.05) is 0 Å². The molecule has 2 rings (SSSR count). The summed E-state index contributed by atoms with van der Waals surface area (Å²) in [6, 6.07) is 0.844. The van der Waals surface area contributed by atoms with Crippen molar-refractivity contribution in [3.63, 3.8) is 0 Å². The van der Waals surface area contributed by atoms with Crippen molar-refractivity contribution in [2.75, 3.05) is 38.2 Å². The zero-order valence-electron chi connectivity index (χ0n) is 11.3. The lowest BCUT2D eigenvalue weighted by Crippen LogP contribution is -2.38. The van der Waals surface area contributed by atoms with Crippen LogP contribution >= 0.6 is 11.8 Å². The topological polar surface area (TPSA) is 15.3 Å². The van der Waals surface area contributed by atoms with Gasteiger partial charge in [-0.05, 0) is 44.5 Å². The minimum absolute atomic E-state index is 0.844. The van der Waals surface area contributed by atoms with Gasteiger partial charge in [-0.3, -0.25) is 0 Å². The van der Waals surface area contributed by atoms with Crippen LogP contribution in [0.4, 0.5) is 0 Å². The van der Waals surface area contributed by atoms with Crippen molar-refractivity contribution in [2.24, 2.45) is 5.92 Å². The maximum Gasteiger partial charge on any atom is 0.0191 e. The highest BCUT2D eigenvalue weighted by atomic mass is 32.2. The van der Waals surface area contributed by atoms with Gasteiger partial charge in [0.2, 0.25) is 0 Å². The van der Waals surface area contributed by atoms with Crippen LogP contribution < -0.4 is 5.32 Å². The van der Waals surface area contributed by atoms with Crippen molar-refractivity contribution in [3.8, 4) is 0 Å². The Morgan fingerprint density at radius 1 is 1.18 bits per heavy atom. The summed E-state index contributed by atoms with van der Waals surface area (Å²) in [4.78, 5) is 2.55. The van der Waals surface area contributed by atoms with E-state index in [-0.39, 0.29) is 0 Å². The van der Waals surface area contributed by atoms with Crippen molar-refractivity contribution in [1.29, 1.82) is 0 Å². The molecule has 2 fully saturated rings. The molecule has 0 radical (unpaired) electrons. The van der Waals surface area contributed by atoms with Crippen molar-refractivity contribution in [1.82, 2.24) is 10.2 Å². The summed E-state index contributed by atoms with van der Waals surface area (Å²) in [5.74, 6) is 3.68. The smallest absolute Gasteiger partial charge is 0.0191 e. The van der Waals surface area contributed by atoms with Gasteiger partial charge in [-0.25, -0.2) is 0 Å². The molecular weight excluding hydrogens is 228 g/mol. The molecule has 1 heterocycles. The van der Waals surface area contributed by atoms with E-state index in [0.717, 1.165) is 12.0 Å². The lowest BCUT2D eigenvalue weighted by atomic mass is 9.89. The molecule has 1 unspecified atom stereocenters. The molecule has 2 aliphatic rings. The molecule has 1 atom stereocenters. The number of hydrogen-bond donors (Lipinski definition) is 1. The summed E-state index contributed by atoms with van der Waals surface area (Å²) in [5, 5.41) is 3.66. The van der Waals surface area contributed by atoms with E-state index >= 15 is 0 Å². The van der Waals surface area contributed by atoms with Crippen molar-refractivity contribution < 1.29 is 0 Å². The Labute approximate surface area is 111 Å². The molecular formula is C14H28N2S. The summed E-state index contributed by atoms with van der Waals surface area (Å²) >= 11 is 2.11. The maximum atomic E-state index is 3.66. The molecule has 0 aromatic heterocycles. The first kappa shape index (κ1) is 13.7. The van der Waals surface area contributed by atoms with Crippen LogP contribution in [0, 0.1) is 5.92 Å². The van der Waals surface area contributed by atoms with Gasteiger partial charge < -0.3 is 10.2 Å². The third kappa shape index (κ3) is 4.80. The van der Waals surface area contributed by atoms with Crippen LogP contribution in [0.25, 0.3) is 0 Å². The minimum Gasteiger partial charge on any atom is -0.315 e. The highest BCUT2D eigenvalue weighted by Crippen LogP contribution is 2.23. The molecule has 17 heavy (non-hydrogen) atoms. The van der Waals surface area contributed by atoms with Crippen molar-refractivity contribution >= 4 is 11.8 Å². The number of likely N-dealkylation sites (N-methyl/N-ethyl adjacent to an activating group) is 1. The molecule has 100 valence electrons. The Balaban J connectivity index is 1.50. The van der Waals surface area contributed by atoms with Crippen LogP contribution in [-0.4, -0.2) is 49.1 Å².